The Morgan fingerprint density at radius 2 is 2.06 bits per heavy atom. The molecular formula is C21H25N8O2+. The van der Waals surface area contributed by atoms with Crippen LogP contribution in [0, 0.1) is 0 Å². The minimum Gasteiger partial charge on any atom is -0.489 e. The molecule has 0 spiro atoms. The molecule has 1 aliphatic carbocycles. The predicted octanol–water partition coefficient (Wildman–Crippen LogP) is 2.65. The molecule has 10 nitrogen and oxygen atoms in total. The van der Waals surface area contributed by atoms with Crippen LogP contribution in [-0.2, 0) is 14.1 Å². The summed E-state index contributed by atoms with van der Waals surface area (Å²) in [6.45, 7) is 0. The van der Waals surface area contributed by atoms with Crippen molar-refractivity contribution in [3.8, 4) is 23.1 Å². The average Bonchev–Trinajstić information content (AvgIpc) is 3.51. The first-order valence-electron chi connectivity index (χ1n) is 10.3. The maximum atomic E-state index is 6.33. The monoisotopic (exact) mass is 421 g/mol. The number of nitrogens with zero attached hydrogens (tertiary/aromatic N) is 6. The van der Waals surface area contributed by atoms with Crippen LogP contribution in [0.15, 0.2) is 30.6 Å². The molecule has 0 bridgehead atoms. The standard InChI is InChI=1S/C21H24N8O2/c1-28-18(10-15(27-28)20-22-9-8-19(26-20)30-3)24-17-11-16(31-13-6-4-5-7-13)14-12-23-29(2)21(14)25-17/h8-13H,4-7H2,1-3H3,(H,23,24,25,27)/p+1. The molecule has 0 amide bonds. The molecule has 4 aromatic rings. The number of ether oxygens (including phenoxy) is 2. The van der Waals surface area contributed by atoms with Crippen molar-refractivity contribution in [2.75, 3.05) is 12.4 Å². The third-order valence-electron chi connectivity index (χ3n) is 5.53. The lowest BCUT2D eigenvalue weighted by molar-refractivity contribution is -0.712. The van der Waals surface area contributed by atoms with Gasteiger partial charge in [-0.1, -0.05) is 0 Å². The van der Waals surface area contributed by atoms with Crippen molar-refractivity contribution in [3.63, 3.8) is 0 Å². The van der Waals surface area contributed by atoms with E-state index in [0.29, 0.717) is 17.5 Å². The highest BCUT2D eigenvalue weighted by Gasteiger charge is 2.22. The van der Waals surface area contributed by atoms with E-state index in [-0.39, 0.29) is 6.10 Å². The Kier molecular flexibility index (Phi) is 4.89. The van der Waals surface area contributed by atoms with Crippen LogP contribution in [0.25, 0.3) is 22.6 Å². The lowest BCUT2D eigenvalue weighted by Gasteiger charge is -2.14. The first-order chi connectivity index (χ1) is 15.1. The van der Waals surface area contributed by atoms with Crippen molar-refractivity contribution in [3.05, 3.63) is 30.6 Å². The van der Waals surface area contributed by atoms with Gasteiger partial charge in [0, 0.05) is 25.4 Å². The van der Waals surface area contributed by atoms with E-state index in [4.69, 9.17) is 14.5 Å². The quantitative estimate of drug-likeness (QED) is 0.461. The number of anilines is 2. The summed E-state index contributed by atoms with van der Waals surface area (Å²) in [6, 6.07) is 5.59. The Bertz CT molecular complexity index is 1230. The highest BCUT2D eigenvalue weighted by molar-refractivity contribution is 5.84. The zero-order valence-electron chi connectivity index (χ0n) is 17.8. The molecule has 0 atom stereocenters. The van der Waals surface area contributed by atoms with Crippen LogP contribution in [-0.4, -0.2) is 43.0 Å². The topological polar surface area (TPSA) is 107 Å². The fraction of sp³-hybridized carbons (Fsp3) is 0.381. The third-order valence-corrected chi connectivity index (χ3v) is 5.53. The molecule has 0 unspecified atom stereocenters. The smallest absolute Gasteiger partial charge is 0.301 e. The SMILES string of the molecule is COc1ccnc(-c2cc(Nc3cc(OC4CCCC4)c4cnn(C)c4n3)[n+](C)[nH]2)n1. The van der Waals surface area contributed by atoms with Gasteiger partial charge in [-0.25, -0.2) is 15.4 Å². The van der Waals surface area contributed by atoms with Gasteiger partial charge in [0.2, 0.25) is 11.7 Å². The molecule has 0 aliphatic heterocycles. The third kappa shape index (κ3) is 3.76. The van der Waals surface area contributed by atoms with E-state index in [0.717, 1.165) is 41.1 Å². The molecule has 4 aromatic heterocycles. The molecule has 4 heterocycles. The van der Waals surface area contributed by atoms with Gasteiger partial charge >= 0.3 is 5.82 Å². The second-order valence-corrected chi connectivity index (χ2v) is 7.70. The lowest BCUT2D eigenvalue weighted by Crippen LogP contribution is -2.32. The number of aromatic amines is 1. The molecule has 0 aromatic carbocycles. The number of rotatable bonds is 6. The maximum absolute atomic E-state index is 6.33. The molecular weight excluding hydrogens is 396 g/mol. The first-order valence-corrected chi connectivity index (χ1v) is 10.3. The molecule has 1 fully saturated rings. The van der Waals surface area contributed by atoms with E-state index in [1.54, 1.807) is 24.1 Å². The first kappa shape index (κ1) is 19.3. The summed E-state index contributed by atoms with van der Waals surface area (Å²) in [5.74, 6) is 3.35. The van der Waals surface area contributed by atoms with Crippen molar-refractivity contribution in [1.29, 1.82) is 0 Å². The Morgan fingerprint density at radius 3 is 2.87 bits per heavy atom. The van der Waals surface area contributed by atoms with Crippen molar-refractivity contribution < 1.29 is 14.2 Å². The number of nitrogens with one attached hydrogen (secondary N) is 2. The number of aryl methyl sites for hydroxylation is 2. The summed E-state index contributed by atoms with van der Waals surface area (Å²) >= 11 is 0. The summed E-state index contributed by atoms with van der Waals surface area (Å²) < 4.78 is 15.1. The number of pyridine rings is 1. The van der Waals surface area contributed by atoms with Crippen LogP contribution in [0.4, 0.5) is 11.6 Å². The number of fused-ring (bicyclic) bond motifs is 1. The number of H-pyrrole nitrogens is 1. The van der Waals surface area contributed by atoms with Crippen LogP contribution in [0.1, 0.15) is 25.7 Å². The zero-order chi connectivity index (χ0) is 21.4. The Hall–Kier alpha value is -3.69. The van der Waals surface area contributed by atoms with Gasteiger partial charge in [-0.15, -0.1) is 0 Å². The van der Waals surface area contributed by atoms with Crippen LogP contribution < -0.4 is 19.5 Å². The fourth-order valence-corrected chi connectivity index (χ4v) is 3.89. The highest BCUT2D eigenvalue weighted by atomic mass is 16.5. The normalized spacial score (nSPS) is 14.3. The number of hydrogen-bond donors (Lipinski definition) is 2. The van der Waals surface area contributed by atoms with Crippen molar-refractivity contribution in [1.82, 2.24) is 29.8 Å². The number of methoxy groups -OCH3 is 1. The fourth-order valence-electron chi connectivity index (χ4n) is 3.89. The van der Waals surface area contributed by atoms with Crippen LogP contribution in [0.2, 0.25) is 0 Å². The van der Waals surface area contributed by atoms with Crippen LogP contribution in [0.5, 0.6) is 11.6 Å². The predicted molar refractivity (Wildman–Crippen MR) is 114 cm³/mol. The molecule has 10 heteroatoms. The van der Waals surface area contributed by atoms with Crippen molar-refractivity contribution >= 4 is 22.7 Å². The number of hydrogen-bond acceptors (Lipinski definition) is 7. The molecule has 31 heavy (non-hydrogen) atoms. The van der Waals surface area contributed by atoms with Gasteiger partial charge in [0.15, 0.2) is 11.5 Å². The van der Waals surface area contributed by atoms with Gasteiger partial charge in [-0.05, 0) is 25.7 Å². The second kappa shape index (κ2) is 7.86. The van der Waals surface area contributed by atoms with Gasteiger partial charge in [0.05, 0.1) is 30.9 Å². The summed E-state index contributed by atoms with van der Waals surface area (Å²) in [7, 11) is 5.37. The molecule has 5 rings (SSSR count). The minimum atomic E-state index is 0.249. The van der Waals surface area contributed by atoms with Gasteiger partial charge in [0.25, 0.3) is 0 Å². The van der Waals surface area contributed by atoms with E-state index in [1.165, 1.54) is 12.8 Å². The Labute approximate surface area is 179 Å². The van der Waals surface area contributed by atoms with E-state index in [2.05, 4.69) is 25.5 Å². The van der Waals surface area contributed by atoms with Gasteiger partial charge in [-0.2, -0.15) is 19.7 Å². The maximum Gasteiger partial charge on any atom is 0.301 e. The zero-order valence-corrected chi connectivity index (χ0v) is 17.8. The Morgan fingerprint density at radius 1 is 1.23 bits per heavy atom. The van der Waals surface area contributed by atoms with E-state index < -0.39 is 0 Å². The average molecular weight is 421 g/mol. The molecule has 0 radical (unpaired) electrons. The summed E-state index contributed by atoms with van der Waals surface area (Å²) in [4.78, 5) is 13.5. The van der Waals surface area contributed by atoms with Crippen molar-refractivity contribution in [2.45, 2.75) is 31.8 Å². The molecule has 2 N–H and O–H groups in total. The van der Waals surface area contributed by atoms with E-state index in [9.17, 15) is 0 Å². The number of aromatic nitrogens is 7. The lowest BCUT2D eigenvalue weighted by atomic mass is 10.2. The largest absolute Gasteiger partial charge is 0.489 e. The summed E-state index contributed by atoms with van der Waals surface area (Å²) in [5, 5.41) is 11.9. The van der Waals surface area contributed by atoms with E-state index >= 15 is 0 Å². The van der Waals surface area contributed by atoms with Gasteiger partial charge < -0.3 is 9.47 Å². The summed E-state index contributed by atoms with van der Waals surface area (Å²) in [6.07, 6.45) is 8.33. The molecule has 0 saturated heterocycles. The second-order valence-electron chi connectivity index (χ2n) is 7.70. The van der Waals surface area contributed by atoms with Crippen LogP contribution in [0.3, 0.4) is 0 Å². The van der Waals surface area contributed by atoms with Crippen LogP contribution >= 0.6 is 0 Å². The molecule has 1 aliphatic rings. The van der Waals surface area contributed by atoms with Gasteiger partial charge in [0.1, 0.15) is 18.5 Å². The molecule has 160 valence electrons. The molecule has 1 saturated carbocycles. The van der Waals surface area contributed by atoms with Gasteiger partial charge in [-0.3, -0.25) is 4.68 Å². The minimum absolute atomic E-state index is 0.249. The van der Waals surface area contributed by atoms with E-state index in [1.807, 2.05) is 37.1 Å². The summed E-state index contributed by atoms with van der Waals surface area (Å²) in [5.41, 5.74) is 1.53. The highest BCUT2D eigenvalue weighted by Crippen LogP contribution is 2.32. The van der Waals surface area contributed by atoms with Crippen molar-refractivity contribution in [2.24, 2.45) is 14.1 Å². The Balaban J connectivity index is 1.47.